The molecule has 3 aromatic carbocycles. The largest absolute Gasteiger partial charge is 0.493 e. The Kier molecular flexibility index (Phi) is 7.74. The number of benzene rings is 3. The third kappa shape index (κ3) is 5.98. The summed E-state index contributed by atoms with van der Waals surface area (Å²) in [5, 5.41) is 5.15. The fourth-order valence-corrected chi connectivity index (χ4v) is 3.44. The molecular formula is C22H17BrCl2N2O3. The van der Waals surface area contributed by atoms with Crippen LogP contribution in [-0.2, 0) is 6.61 Å². The highest BCUT2D eigenvalue weighted by atomic mass is 79.9. The van der Waals surface area contributed by atoms with Crippen LogP contribution in [0.25, 0.3) is 0 Å². The lowest BCUT2D eigenvalue weighted by Crippen LogP contribution is -2.17. The third-order valence-electron chi connectivity index (χ3n) is 4.01. The zero-order valence-electron chi connectivity index (χ0n) is 15.9. The highest BCUT2D eigenvalue weighted by Gasteiger charge is 2.12. The number of amides is 1. The van der Waals surface area contributed by atoms with Crippen LogP contribution < -0.4 is 14.9 Å². The summed E-state index contributed by atoms with van der Waals surface area (Å²) in [5.41, 5.74) is 4.58. The van der Waals surface area contributed by atoms with Crippen LogP contribution in [0.4, 0.5) is 0 Å². The van der Waals surface area contributed by atoms with Crippen LogP contribution in [-0.4, -0.2) is 19.2 Å². The number of carbonyl (C=O) groups excluding carboxylic acids is 1. The molecule has 0 atom stereocenters. The average molecular weight is 508 g/mol. The van der Waals surface area contributed by atoms with E-state index in [1.54, 1.807) is 37.4 Å². The van der Waals surface area contributed by atoms with Gasteiger partial charge in [0.1, 0.15) is 6.61 Å². The molecule has 0 saturated carbocycles. The number of hydrazone groups is 1. The summed E-state index contributed by atoms with van der Waals surface area (Å²) in [6, 6.07) is 17.6. The van der Waals surface area contributed by atoms with Gasteiger partial charge in [0.2, 0.25) is 0 Å². The fourth-order valence-electron chi connectivity index (χ4n) is 2.55. The van der Waals surface area contributed by atoms with Crippen LogP contribution >= 0.6 is 39.1 Å². The van der Waals surface area contributed by atoms with Crippen molar-refractivity contribution in [2.45, 2.75) is 6.61 Å². The SMILES string of the molecule is COc1cc(/C=N\NC(=O)c2cccc(Cl)c2)cc(Br)c1OCc1ccc(Cl)cc1. The summed E-state index contributed by atoms with van der Waals surface area (Å²) in [6.45, 7) is 0.356. The number of ether oxygens (including phenoxy) is 2. The van der Waals surface area contributed by atoms with E-state index in [-0.39, 0.29) is 5.91 Å². The molecule has 1 amide bonds. The van der Waals surface area contributed by atoms with Gasteiger partial charge in [-0.2, -0.15) is 5.10 Å². The minimum absolute atomic E-state index is 0.356. The molecule has 1 N–H and O–H groups in total. The maximum Gasteiger partial charge on any atom is 0.271 e. The van der Waals surface area contributed by atoms with Crippen molar-refractivity contribution in [1.29, 1.82) is 0 Å². The monoisotopic (exact) mass is 506 g/mol. The maximum atomic E-state index is 12.1. The van der Waals surface area contributed by atoms with E-state index < -0.39 is 0 Å². The molecule has 0 aliphatic carbocycles. The second-order valence-corrected chi connectivity index (χ2v) is 7.89. The quantitative estimate of drug-likeness (QED) is 0.310. The molecule has 154 valence electrons. The van der Waals surface area contributed by atoms with Crippen molar-refractivity contribution in [3.05, 3.63) is 91.9 Å². The summed E-state index contributed by atoms with van der Waals surface area (Å²) < 4.78 is 12.0. The van der Waals surface area contributed by atoms with Crippen LogP contribution in [0.3, 0.4) is 0 Å². The number of carbonyl (C=O) groups is 1. The normalized spacial score (nSPS) is 10.8. The smallest absolute Gasteiger partial charge is 0.271 e. The van der Waals surface area contributed by atoms with Crippen molar-refractivity contribution >= 4 is 51.3 Å². The van der Waals surface area contributed by atoms with E-state index >= 15 is 0 Å². The van der Waals surface area contributed by atoms with Gasteiger partial charge in [-0.3, -0.25) is 4.79 Å². The van der Waals surface area contributed by atoms with E-state index in [1.807, 2.05) is 30.3 Å². The topological polar surface area (TPSA) is 59.9 Å². The number of nitrogens with zero attached hydrogens (tertiary/aromatic N) is 1. The van der Waals surface area contributed by atoms with E-state index in [4.69, 9.17) is 32.7 Å². The Morgan fingerprint density at radius 3 is 2.57 bits per heavy atom. The minimum atomic E-state index is -0.359. The predicted octanol–water partition coefficient (Wildman–Crippen LogP) is 6.11. The Labute approximate surface area is 192 Å². The summed E-state index contributed by atoms with van der Waals surface area (Å²) in [4.78, 5) is 12.1. The van der Waals surface area contributed by atoms with Gasteiger partial charge in [0.15, 0.2) is 11.5 Å². The highest BCUT2D eigenvalue weighted by Crippen LogP contribution is 2.36. The first-order chi connectivity index (χ1) is 14.5. The van der Waals surface area contributed by atoms with Gasteiger partial charge in [-0.1, -0.05) is 41.4 Å². The van der Waals surface area contributed by atoms with E-state index in [0.29, 0.717) is 43.8 Å². The molecule has 0 aliphatic rings. The van der Waals surface area contributed by atoms with Crippen molar-refractivity contribution < 1.29 is 14.3 Å². The van der Waals surface area contributed by atoms with E-state index in [2.05, 4.69) is 26.5 Å². The minimum Gasteiger partial charge on any atom is -0.493 e. The number of halogens is 3. The van der Waals surface area contributed by atoms with Gasteiger partial charge in [-0.25, -0.2) is 5.43 Å². The van der Waals surface area contributed by atoms with Crippen molar-refractivity contribution in [2.75, 3.05) is 7.11 Å². The molecule has 30 heavy (non-hydrogen) atoms. The molecule has 0 saturated heterocycles. The molecule has 0 fully saturated rings. The lowest BCUT2D eigenvalue weighted by molar-refractivity contribution is 0.0955. The molecule has 0 aliphatic heterocycles. The van der Waals surface area contributed by atoms with Crippen LogP contribution in [0, 0.1) is 0 Å². The van der Waals surface area contributed by atoms with Crippen LogP contribution in [0.2, 0.25) is 10.0 Å². The summed E-state index contributed by atoms with van der Waals surface area (Å²) >= 11 is 15.3. The van der Waals surface area contributed by atoms with E-state index in [9.17, 15) is 4.79 Å². The van der Waals surface area contributed by atoms with Crippen LogP contribution in [0.5, 0.6) is 11.5 Å². The summed E-state index contributed by atoms with van der Waals surface area (Å²) in [5.74, 6) is 0.733. The number of nitrogens with one attached hydrogen (secondary N) is 1. The summed E-state index contributed by atoms with van der Waals surface area (Å²) in [6.07, 6.45) is 1.51. The Hall–Kier alpha value is -2.54. The van der Waals surface area contributed by atoms with Gasteiger partial charge >= 0.3 is 0 Å². The second kappa shape index (κ2) is 10.5. The number of hydrogen-bond acceptors (Lipinski definition) is 4. The standard InChI is InChI=1S/C22H17BrCl2N2O3/c1-29-20-10-15(12-26-27-22(28)16-3-2-4-18(25)11-16)9-19(23)21(20)30-13-14-5-7-17(24)8-6-14/h2-12H,13H2,1H3,(H,27,28)/b26-12-. The van der Waals surface area contributed by atoms with Crippen molar-refractivity contribution in [3.63, 3.8) is 0 Å². The Morgan fingerprint density at radius 1 is 1.10 bits per heavy atom. The zero-order chi connectivity index (χ0) is 21.5. The fraction of sp³-hybridized carbons (Fsp3) is 0.0909. The van der Waals surface area contributed by atoms with Crippen LogP contribution in [0.15, 0.2) is 70.2 Å². The molecule has 0 radical (unpaired) electrons. The Bertz CT molecular complexity index is 1070. The molecule has 0 spiro atoms. The molecule has 3 rings (SSSR count). The first kappa shape index (κ1) is 22.2. The number of rotatable bonds is 7. The van der Waals surface area contributed by atoms with Crippen molar-refractivity contribution in [2.24, 2.45) is 5.10 Å². The zero-order valence-corrected chi connectivity index (χ0v) is 19.0. The second-order valence-electron chi connectivity index (χ2n) is 6.16. The van der Waals surface area contributed by atoms with Crippen LogP contribution in [0.1, 0.15) is 21.5 Å². The molecular weight excluding hydrogens is 491 g/mol. The van der Waals surface area contributed by atoms with Gasteiger partial charge in [0, 0.05) is 15.6 Å². The molecule has 0 heterocycles. The molecule has 0 aromatic heterocycles. The van der Waals surface area contributed by atoms with Gasteiger partial charge in [-0.05, 0) is 69.5 Å². The molecule has 3 aromatic rings. The number of methoxy groups -OCH3 is 1. The first-order valence-corrected chi connectivity index (χ1v) is 10.3. The van der Waals surface area contributed by atoms with Crippen molar-refractivity contribution in [1.82, 2.24) is 5.43 Å². The first-order valence-electron chi connectivity index (χ1n) is 8.80. The molecule has 8 heteroatoms. The molecule has 0 bridgehead atoms. The van der Waals surface area contributed by atoms with Gasteiger partial charge in [0.05, 0.1) is 17.8 Å². The predicted molar refractivity (Wildman–Crippen MR) is 123 cm³/mol. The lowest BCUT2D eigenvalue weighted by Gasteiger charge is -2.13. The Balaban J connectivity index is 1.69. The van der Waals surface area contributed by atoms with Crippen molar-refractivity contribution in [3.8, 4) is 11.5 Å². The van der Waals surface area contributed by atoms with E-state index in [1.165, 1.54) is 6.21 Å². The van der Waals surface area contributed by atoms with E-state index in [0.717, 1.165) is 5.56 Å². The molecule has 5 nitrogen and oxygen atoms in total. The lowest BCUT2D eigenvalue weighted by atomic mass is 10.2. The number of hydrogen-bond donors (Lipinski definition) is 1. The highest BCUT2D eigenvalue weighted by molar-refractivity contribution is 9.10. The summed E-state index contributed by atoms with van der Waals surface area (Å²) in [7, 11) is 1.55. The maximum absolute atomic E-state index is 12.1. The van der Waals surface area contributed by atoms with Gasteiger partial charge in [0.25, 0.3) is 5.91 Å². The Morgan fingerprint density at radius 2 is 1.87 bits per heavy atom. The van der Waals surface area contributed by atoms with Gasteiger partial charge in [-0.15, -0.1) is 0 Å². The molecule has 0 unspecified atom stereocenters. The average Bonchev–Trinajstić information content (AvgIpc) is 2.73. The van der Waals surface area contributed by atoms with Gasteiger partial charge < -0.3 is 9.47 Å². The third-order valence-corrected chi connectivity index (χ3v) is 5.09.